The number of methoxy groups -OCH3 is 1. The largest absolute Gasteiger partial charge is 0.496 e. The molecule has 2 amide bonds. The van der Waals surface area contributed by atoms with Crippen LogP contribution in [0.15, 0.2) is 59.1 Å². The Hall–Kier alpha value is -3.14. The number of piperazine rings is 1. The lowest BCUT2D eigenvalue weighted by molar-refractivity contribution is 0.0746. The summed E-state index contributed by atoms with van der Waals surface area (Å²) in [7, 11) is 1.52. The van der Waals surface area contributed by atoms with Gasteiger partial charge in [0.1, 0.15) is 5.75 Å². The third kappa shape index (κ3) is 6.28. The molecule has 0 saturated carbocycles. The molecule has 4 rings (SSSR count). The highest BCUT2D eigenvalue weighted by Crippen LogP contribution is 2.35. The number of nitrogens with zero attached hydrogens (tertiary/aromatic N) is 2. The maximum Gasteiger partial charge on any atom is 0.261 e. The number of hydrogen-bond donors (Lipinski definition) is 2. The molecule has 0 aliphatic carbocycles. The molecule has 3 aromatic carbocycles. The molecule has 1 saturated heterocycles. The Morgan fingerprint density at radius 1 is 1.03 bits per heavy atom. The van der Waals surface area contributed by atoms with Gasteiger partial charge in [-0.25, -0.2) is 0 Å². The maximum atomic E-state index is 13.0. The molecule has 0 unspecified atom stereocenters. The zero-order chi connectivity index (χ0) is 27.4. The van der Waals surface area contributed by atoms with E-state index in [0.717, 1.165) is 21.3 Å². The fourth-order valence-electron chi connectivity index (χ4n) is 4.44. The van der Waals surface area contributed by atoms with Crippen LogP contribution in [0.4, 0.5) is 11.4 Å². The number of aryl methyl sites for hydroxylation is 2. The Bertz CT molecular complexity index is 1380. The van der Waals surface area contributed by atoms with Crippen molar-refractivity contribution in [2.45, 2.75) is 13.8 Å². The van der Waals surface area contributed by atoms with Gasteiger partial charge in [-0.1, -0.05) is 51.3 Å². The minimum atomic E-state index is -0.393. The monoisotopic (exact) mass is 614 g/mol. The van der Waals surface area contributed by atoms with Gasteiger partial charge >= 0.3 is 0 Å². The van der Waals surface area contributed by atoms with Crippen LogP contribution in [-0.4, -0.2) is 55.1 Å². The van der Waals surface area contributed by atoms with Crippen molar-refractivity contribution < 1.29 is 14.3 Å². The predicted octanol–water partition coefficient (Wildman–Crippen LogP) is 5.82. The van der Waals surface area contributed by atoms with E-state index in [1.165, 1.54) is 7.11 Å². The predicted molar refractivity (Wildman–Crippen MR) is 160 cm³/mol. The molecule has 38 heavy (non-hydrogen) atoms. The minimum Gasteiger partial charge on any atom is -0.496 e. The van der Waals surface area contributed by atoms with Crippen molar-refractivity contribution in [3.8, 4) is 5.75 Å². The van der Waals surface area contributed by atoms with Crippen LogP contribution in [0.5, 0.6) is 5.75 Å². The lowest BCUT2D eigenvalue weighted by Crippen LogP contribution is -2.49. The molecule has 198 valence electrons. The van der Waals surface area contributed by atoms with Crippen LogP contribution in [0, 0.1) is 13.8 Å². The Morgan fingerprint density at radius 2 is 1.71 bits per heavy atom. The maximum absolute atomic E-state index is 13.0. The SMILES string of the molecule is COc1c(C)cc(Br)cc1C(=O)NC(=S)Nc1cccc(Cl)c1N1CCN(C(=O)c2ccc(C)cc2)CC1. The average molecular weight is 616 g/mol. The zero-order valence-corrected chi connectivity index (χ0v) is 24.5. The fraction of sp³-hybridized carbons (Fsp3) is 0.250. The molecule has 0 bridgehead atoms. The van der Waals surface area contributed by atoms with E-state index < -0.39 is 5.91 Å². The van der Waals surface area contributed by atoms with Crippen LogP contribution in [0.3, 0.4) is 0 Å². The van der Waals surface area contributed by atoms with Gasteiger partial charge in [0.15, 0.2) is 5.11 Å². The molecule has 7 nitrogen and oxygen atoms in total. The molecule has 0 aromatic heterocycles. The molecule has 2 N–H and O–H groups in total. The van der Waals surface area contributed by atoms with Crippen molar-refractivity contribution in [2.75, 3.05) is 43.5 Å². The highest BCUT2D eigenvalue weighted by molar-refractivity contribution is 9.10. The first-order valence-corrected chi connectivity index (χ1v) is 13.6. The van der Waals surface area contributed by atoms with Gasteiger partial charge in [-0.2, -0.15) is 0 Å². The van der Waals surface area contributed by atoms with Crippen molar-refractivity contribution in [1.29, 1.82) is 0 Å². The van der Waals surface area contributed by atoms with Crippen molar-refractivity contribution in [3.05, 3.63) is 86.3 Å². The highest BCUT2D eigenvalue weighted by Gasteiger charge is 2.25. The quantitative estimate of drug-likeness (QED) is 0.353. The van der Waals surface area contributed by atoms with Gasteiger partial charge in [-0.05, 0) is 68.0 Å². The number of rotatable bonds is 5. The molecule has 1 fully saturated rings. The van der Waals surface area contributed by atoms with E-state index >= 15 is 0 Å². The molecular formula is C28H28BrClN4O3S. The van der Waals surface area contributed by atoms with Crippen LogP contribution < -0.4 is 20.3 Å². The molecular weight excluding hydrogens is 588 g/mol. The molecule has 1 aliphatic rings. The van der Waals surface area contributed by atoms with E-state index in [1.807, 2.05) is 67.3 Å². The Balaban J connectivity index is 1.45. The Kier molecular flexibility index (Phi) is 8.91. The van der Waals surface area contributed by atoms with Gasteiger partial charge < -0.3 is 19.9 Å². The van der Waals surface area contributed by atoms with Gasteiger partial charge in [0.05, 0.1) is 29.1 Å². The standard InChI is InChI=1S/C28H28BrClN4O3S/c1-17-7-9-19(10-8-17)27(36)34-13-11-33(12-14-34)24-22(30)5-4-6-23(24)31-28(38)32-26(35)21-16-20(29)15-18(2)25(21)37-3/h4-10,15-16H,11-14H2,1-3H3,(H2,31,32,35,38). The van der Waals surface area contributed by atoms with Crippen LogP contribution in [-0.2, 0) is 0 Å². The summed E-state index contributed by atoms with van der Waals surface area (Å²) in [5, 5.41) is 6.53. The Morgan fingerprint density at radius 3 is 2.37 bits per heavy atom. The Labute approximate surface area is 241 Å². The fourth-order valence-corrected chi connectivity index (χ4v) is 5.51. The number of carbonyl (C=O) groups excluding carboxylic acids is 2. The van der Waals surface area contributed by atoms with Crippen LogP contribution in [0.1, 0.15) is 31.8 Å². The second-order valence-electron chi connectivity index (χ2n) is 8.99. The molecule has 1 heterocycles. The third-order valence-electron chi connectivity index (χ3n) is 6.33. The molecule has 3 aromatic rings. The number of amides is 2. The molecule has 0 radical (unpaired) electrons. The van der Waals surface area contributed by atoms with E-state index in [2.05, 4.69) is 31.5 Å². The summed E-state index contributed by atoms with van der Waals surface area (Å²) in [4.78, 5) is 29.9. The highest BCUT2D eigenvalue weighted by atomic mass is 79.9. The van der Waals surface area contributed by atoms with Crippen LogP contribution in [0.25, 0.3) is 0 Å². The number of carbonyl (C=O) groups is 2. The molecule has 1 aliphatic heterocycles. The van der Waals surface area contributed by atoms with Gasteiger partial charge in [0.25, 0.3) is 11.8 Å². The van der Waals surface area contributed by atoms with E-state index in [4.69, 9.17) is 28.6 Å². The summed E-state index contributed by atoms with van der Waals surface area (Å²) < 4.78 is 6.19. The third-order valence-corrected chi connectivity index (χ3v) is 7.30. The second kappa shape index (κ2) is 12.1. The van der Waals surface area contributed by atoms with E-state index in [9.17, 15) is 9.59 Å². The van der Waals surface area contributed by atoms with Gasteiger partial charge in [-0.15, -0.1) is 0 Å². The topological polar surface area (TPSA) is 73.9 Å². The number of thiocarbonyl (C=S) groups is 1. The summed E-state index contributed by atoms with van der Waals surface area (Å²) in [5.74, 6) is 0.106. The molecule has 10 heteroatoms. The second-order valence-corrected chi connectivity index (χ2v) is 10.7. The number of benzene rings is 3. The van der Waals surface area contributed by atoms with Crippen LogP contribution >= 0.6 is 39.7 Å². The number of ether oxygens (including phenoxy) is 1. The van der Waals surface area contributed by atoms with Crippen molar-refractivity contribution >= 4 is 68.1 Å². The van der Waals surface area contributed by atoms with Crippen molar-refractivity contribution in [3.63, 3.8) is 0 Å². The van der Waals surface area contributed by atoms with E-state index in [-0.39, 0.29) is 11.0 Å². The lowest BCUT2D eigenvalue weighted by Gasteiger charge is -2.37. The smallest absolute Gasteiger partial charge is 0.261 e. The average Bonchev–Trinajstić information content (AvgIpc) is 2.88. The summed E-state index contributed by atoms with van der Waals surface area (Å²) in [6, 6.07) is 16.7. The summed E-state index contributed by atoms with van der Waals surface area (Å²) in [6.07, 6.45) is 0. The molecule has 0 atom stereocenters. The number of nitrogens with one attached hydrogen (secondary N) is 2. The van der Waals surface area contributed by atoms with E-state index in [0.29, 0.717) is 53.8 Å². The van der Waals surface area contributed by atoms with Crippen molar-refractivity contribution in [2.24, 2.45) is 0 Å². The summed E-state index contributed by atoms with van der Waals surface area (Å²) in [5.41, 5.74) is 4.42. The first kappa shape index (κ1) is 27.9. The number of halogens is 2. The normalized spacial score (nSPS) is 13.2. The molecule has 0 spiro atoms. The first-order valence-electron chi connectivity index (χ1n) is 12.0. The number of anilines is 2. The number of para-hydroxylation sites is 1. The van der Waals surface area contributed by atoms with Gasteiger partial charge in [0.2, 0.25) is 0 Å². The van der Waals surface area contributed by atoms with Crippen LogP contribution in [0.2, 0.25) is 5.02 Å². The summed E-state index contributed by atoms with van der Waals surface area (Å²) >= 11 is 15.5. The van der Waals surface area contributed by atoms with Crippen molar-refractivity contribution in [1.82, 2.24) is 10.2 Å². The zero-order valence-electron chi connectivity index (χ0n) is 21.3. The van der Waals surface area contributed by atoms with Gasteiger partial charge in [0, 0.05) is 36.2 Å². The van der Waals surface area contributed by atoms with E-state index in [1.54, 1.807) is 6.07 Å². The first-order chi connectivity index (χ1) is 18.2. The van der Waals surface area contributed by atoms with Gasteiger partial charge in [-0.3, -0.25) is 14.9 Å². The summed E-state index contributed by atoms with van der Waals surface area (Å²) in [6.45, 7) is 6.18. The minimum absolute atomic E-state index is 0.0178. The number of hydrogen-bond acceptors (Lipinski definition) is 5. The lowest BCUT2D eigenvalue weighted by atomic mass is 10.1.